The first-order valence-corrected chi connectivity index (χ1v) is 29.6. The maximum absolute atomic E-state index is 11.9. The quantitative estimate of drug-likeness (QED) is 0.0497. The van der Waals surface area contributed by atoms with Gasteiger partial charge in [-0.1, -0.05) is 58.7 Å². The van der Waals surface area contributed by atoms with E-state index >= 15 is 0 Å². The van der Waals surface area contributed by atoms with E-state index in [4.69, 9.17) is 19.7 Å². The predicted molar refractivity (Wildman–Crippen MR) is 321 cm³/mol. The van der Waals surface area contributed by atoms with Crippen LogP contribution in [0.2, 0.25) is 0 Å². The molecular weight excluding hydrogens is 977 g/mol. The third kappa shape index (κ3) is 20.7. The first-order chi connectivity index (χ1) is 37.3. The highest BCUT2D eigenvalue weighted by Crippen LogP contribution is 2.46. The van der Waals surface area contributed by atoms with E-state index in [1.54, 1.807) is 6.07 Å². The van der Waals surface area contributed by atoms with Crippen LogP contribution in [0.4, 0.5) is 0 Å². The Morgan fingerprint density at radius 1 is 0.526 bits per heavy atom. The van der Waals surface area contributed by atoms with Gasteiger partial charge in [-0.2, -0.15) is 0 Å². The summed E-state index contributed by atoms with van der Waals surface area (Å²) in [6, 6.07) is 3.61. The molecule has 2 atom stereocenters. The summed E-state index contributed by atoms with van der Waals surface area (Å²) in [4.78, 5) is 9.76. The fraction of sp³-hybridized carbons (Fsp3) is 0.636. The van der Waals surface area contributed by atoms with Gasteiger partial charge in [0.25, 0.3) is 0 Å². The molecule has 2 saturated heterocycles. The number of ether oxygens (including phenoxy) is 2. The van der Waals surface area contributed by atoms with Gasteiger partial charge in [-0.25, -0.2) is 0 Å². The summed E-state index contributed by atoms with van der Waals surface area (Å²) in [7, 11) is 4.38. The minimum Gasteiger partial charge on any atom is -0.508 e. The first-order valence-electron chi connectivity index (χ1n) is 29.6. The Balaban J connectivity index is 0.000000313. The van der Waals surface area contributed by atoms with Crippen molar-refractivity contribution >= 4 is 0 Å². The molecule has 12 nitrogen and oxygen atoms in total. The summed E-state index contributed by atoms with van der Waals surface area (Å²) in [5.74, 6) is 2.81. The molecule has 12 heteroatoms. The van der Waals surface area contributed by atoms with Crippen LogP contribution >= 0.6 is 0 Å². The summed E-state index contributed by atoms with van der Waals surface area (Å²) >= 11 is 0. The van der Waals surface area contributed by atoms with Crippen LogP contribution in [0.1, 0.15) is 165 Å². The lowest BCUT2D eigenvalue weighted by atomic mass is 9.84. The maximum atomic E-state index is 11.9. The number of phenolic OH excluding ortho intramolecular Hbond substituents is 2. The normalized spacial score (nSPS) is 21.0. The minimum absolute atomic E-state index is 0.0664. The third-order valence-corrected chi connectivity index (χ3v) is 17.0. The van der Waals surface area contributed by atoms with E-state index in [9.17, 15) is 20.4 Å². The summed E-state index contributed by atoms with van der Waals surface area (Å²) in [6.45, 7) is 27.0. The van der Waals surface area contributed by atoms with Crippen LogP contribution in [0.3, 0.4) is 0 Å². The number of aryl methyl sites for hydroxylation is 2. The molecule has 0 spiro atoms. The average molecular weight is 1080 g/mol. The zero-order chi connectivity index (χ0) is 56.8. The number of rotatable bonds is 26. The number of piperazine rings is 2. The topological polar surface area (TPSA) is 153 Å². The van der Waals surface area contributed by atoms with E-state index in [0.29, 0.717) is 22.6 Å². The Bertz CT molecular complexity index is 2390. The lowest BCUT2D eigenvalue weighted by Gasteiger charge is -2.40. The third-order valence-electron chi connectivity index (χ3n) is 17.0. The second-order valence-electron chi connectivity index (χ2n) is 24.0. The number of hydrogen-bond acceptors (Lipinski definition) is 12. The molecule has 6 N–H and O–H groups in total. The first kappa shape index (κ1) is 64.6. The van der Waals surface area contributed by atoms with Crippen LogP contribution in [0, 0.1) is 13.8 Å². The van der Waals surface area contributed by atoms with Gasteiger partial charge in [-0.05, 0) is 212 Å². The Hall–Kier alpha value is -4.24. The Labute approximate surface area is 471 Å². The monoisotopic (exact) mass is 1080 g/mol. The van der Waals surface area contributed by atoms with Crippen molar-refractivity contribution in [1.82, 2.24) is 19.6 Å². The fourth-order valence-corrected chi connectivity index (χ4v) is 11.2. The van der Waals surface area contributed by atoms with Crippen molar-refractivity contribution in [3.05, 3.63) is 115 Å². The van der Waals surface area contributed by atoms with E-state index in [1.807, 2.05) is 25.1 Å². The largest absolute Gasteiger partial charge is 0.508 e. The highest BCUT2D eigenvalue weighted by molar-refractivity contribution is 5.59. The van der Waals surface area contributed by atoms with Crippen molar-refractivity contribution in [1.29, 1.82) is 0 Å². The van der Waals surface area contributed by atoms with E-state index in [1.165, 1.54) is 27.9 Å². The lowest BCUT2D eigenvalue weighted by molar-refractivity contribution is 0.0548. The summed E-state index contributed by atoms with van der Waals surface area (Å²) in [5.41, 5.74) is 13.2. The molecule has 4 aliphatic rings. The summed E-state index contributed by atoms with van der Waals surface area (Å²) < 4.78 is 13.4. The van der Waals surface area contributed by atoms with Crippen molar-refractivity contribution in [2.24, 2.45) is 0 Å². The molecule has 0 unspecified atom stereocenters. The SMILES string of the molecule is C/C(=C\CC/C(C)=C/CC[C@]1(C)CCc2c(CN3CCN(C)CC3)c(O)c(CN3CCN(C)CC3)c(C)c2O1)CCC=C(CO)CO.C/C(=C\CC/C(C)=C/CC[C@]1(C)CCc2cc(O)cc(C)c2O1)CCC=C(CO)CO. The molecule has 0 amide bonds. The zero-order valence-electron chi connectivity index (χ0n) is 50.1. The molecule has 6 rings (SSSR count). The number of aromatic hydroxyl groups is 2. The smallest absolute Gasteiger partial charge is 0.127 e. The van der Waals surface area contributed by atoms with Gasteiger partial charge in [-0.15, -0.1) is 0 Å². The van der Waals surface area contributed by atoms with Crippen LogP contribution in [0.25, 0.3) is 0 Å². The van der Waals surface area contributed by atoms with Crippen molar-refractivity contribution in [3.8, 4) is 23.0 Å². The average Bonchev–Trinajstić information content (AvgIpc) is 3.47. The lowest BCUT2D eigenvalue weighted by Crippen LogP contribution is -2.44. The van der Waals surface area contributed by atoms with Gasteiger partial charge in [0.05, 0.1) is 26.4 Å². The minimum atomic E-state index is -0.228. The molecule has 2 aromatic carbocycles. The maximum Gasteiger partial charge on any atom is 0.127 e. The Kier molecular flexibility index (Phi) is 26.7. The van der Waals surface area contributed by atoms with Gasteiger partial charge in [0.1, 0.15) is 34.2 Å². The van der Waals surface area contributed by atoms with Gasteiger partial charge in [0, 0.05) is 82.1 Å². The van der Waals surface area contributed by atoms with Gasteiger partial charge in [-0.3, -0.25) is 9.80 Å². The molecule has 0 aliphatic carbocycles. The fourth-order valence-electron chi connectivity index (χ4n) is 11.2. The number of phenols is 2. The number of nitrogens with zero attached hydrogens (tertiary/aromatic N) is 4. The Morgan fingerprint density at radius 3 is 1.37 bits per heavy atom. The summed E-state index contributed by atoms with van der Waals surface area (Å²) in [5, 5.41) is 58.2. The number of likely N-dealkylation sites (N-methyl/N-ethyl adjacent to an activating group) is 2. The number of hydrogen-bond donors (Lipinski definition) is 6. The second-order valence-corrected chi connectivity index (χ2v) is 24.0. The number of allylic oxidation sites excluding steroid dienone is 10. The molecule has 4 heterocycles. The Morgan fingerprint density at radius 2 is 0.923 bits per heavy atom. The van der Waals surface area contributed by atoms with E-state index in [2.05, 4.69) is 106 Å². The van der Waals surface area contributed by atoms with E-state index in [-0.39, 0.29) is 37.6 Å². The van der Waals surface area contributed by atoms with Crippen molar-refractivity contribution in [3.63, 3.8) is 0 Å². The van der Waals surface area contributed by atoms with Gasteiger partial charge in [0.15, 0.2) is 0 Å². The molecule has 0 saturated carbocycles. The predicted octanol–water partition coefficient (Wildman–Crippen LogP) is 11.4. The molecule has 2 aromatic rings. The highest BCUT2D eigenvalue weighted by Gasteiger charge is 2.37. The van der Waals surface area contributed by atoms with Crippen LogP contribution in [-0.2, 0) is 25.9 Å². The number of aliphatic hydroxyl groups excluding tert-OH is 4. The van der Waals surface area contributed by atoms with Crippen LogP contribution in [0.5, 0.6) is 23.0 Å². The van der Waals surface area contributed by atoms with E-state index < -0.39 is 0 Å². The van der Waals surface area contributed by atoms with Crippen molar-refractivity contribution in [2.75, 3.05) is 92.9 Å². The number of fused-ring (bicyclic) bond motifs is 2. The molecule has 436 valence electrons. The standard InChI is InChI=1S/C39H64N4O4.C27H40O4/c1-30(12-8-14-33(28-44)29-45)10-7-11-31(2)13-9-16-39(4)17-15-34-36(27-43-24-20-41(6)21-25-43)37(46)35(32(3)38(34)47-39)26-42-22-18-40(5)19-23-42;1-20(10-6-12-23(18-28)19-29)8-5-9-21(2)11-7-14-27(4)15-13-24-17-25(30)16-22(3)26(24)31-27/h10,13-14,44-46H,7-9,11-12,15-29H2,1-6H3;8,11-12,16-17,28-30H,5-7,9-10,13-15,18-19H2,1-4H3/b30-10+,31-13+;20-8+,21-11+/t39-;27-/m11/s1. The van der Waals surface area contributed by atoms with Crippen LogP contribution in [0.15, 0.2) is 82.0 Å². The van der Waals surface area contributed by atoms with Gasteiger partial charge in [0.2, 0.25) is 0 Å². The molecule has 4 aliphatic heterocycles. The highest BCUT2D eigenvalue weighted by atomic mass is 16.5. The molecule has 78 heavy (non-hydrogen) atoms. The number of aliphatic hydroxyl groups is 4. The van der Waals surface area contributed by atoms with Crippen molar-refractivity contribution < 1.29 is 40.1 Å². The van der Waals surface area contributed by atoms with Gasteiger partial charge < -0.3 is 49.9 Å². The van der Waals surface area contributed by atoms with Crippen molar-refractivity contribution in [2.45, 2.75) is 182 Å². The van der Waals surface area contributed by atoms with E-state index in [0.717, 1.165) is 207 Å². The molecule has 2 fully saturated rings. The van der Waals surface area contributed by atoms with Crippen LogP contribution in [-0.4, -0.2) is 154 Å². The zero-order valence-corrected chi connectivity index (χ0v) is 50.1. The molecular formula is C66H104N4O8. The molecule has 0 radical (unpaired) electrons. The van der Waals surface area contributed by atoms with Gasteiger partial charge >= 0.3 is 0 Å². The summed E-state index contributed by atoms with van der Waals surface area (Å²) in [6.07, 6.45) is 28.8. The van der Waals surface area contributed by atoms with Crippen LogP contribution < -0.4 is 9.47 Å². The number of benzene rings is 2. The molecule has 0 aromatic heterocycles. The second kappa shape index (κ2) is 32.3. The molecule has 0 bridgehead atoms.